The molecule has 1 unspecified atom stereocenters. The fraction of sp³-hybridized carbons (Fsp3) is 0.654. The van der Waals surface area contributed by atoms with E-state index in [4.69, 9.17) is 20.2 Å². The van der Waals surface area contributed by atoms with Gasteiger partial charge in [-0.25, -0.2) is 4.98 Å². The molecule has 0 amide bonds. The van der Waals surface area contributed by atoms with E-state index in [1.807, 2.05) is 0 Å². The number of aromatic nitrogens is 1. The maximum Gasteiger partial charge on any atom is 0.170 e. The molecule has 174 valence electrons. The van der Waals surface area contributed by atoms with Gasteiger partial charge in [0.2, 0.25) is 0 Å². The summed E-state index contributed by atoms with van der Waals surface area (Å²) >= 11 is 0. The predicted octanol–water partition coefficient (Wildman–Crippen LogP) is 6.21. The first-order chi connectivity index (χ1) is 14.8. The lowest BCUT2D eigenvalue weighted by atomic mass is 9.89. The van der Waals surface area contributed by atoms with E-state index in [2.05, 4.69) is 59.0 Å². The molecule has 0 bridgehead atoms. The fourth-order valence-electron chi connectivity index (χ4n) is 3.79. The lowest BCUT2D eigenvalue weighted by molar-refractivity contribution is 0.289. The van der Waals surface area contributed by atoms with Gasteiger partial charge in [-0.15, -0.1) is 0 Å². The SMILES string of the molecule is CCCCCOc1c(OC)cc(NC(C)CCCN)c2nc(C(C)(C)C)cc(CC)c12. The van der Waals surface area contributed by atoms with Crippen LogP contribution in [0.3, 0.4) is 0 Å². The summed E-state index contributed by atoms with van der Waals surface area (Å²) < 4.78 is 12.1. The van der Waals surface area contributed by atoms with E-state index in [1.54, 1.807) is 7.11 Å². The molecule has 0 spiro atoms. The molecule has 1 aromatic carbocycles. The van der Waals surface area contributed by atoms with E-state index in [0.717, 1.165) is 65.9 Å². The molecular weight excluding hydrogens is 386 g/mol. The molecule has 0 saturated carbocycles. The van der Waals surface area contributed by atoms with Gasteiger partial charge in [0.05, 0.1) is 30.3 Å². The molecule has 0 fully saturated rings. The minimum Gasteiger partial charge on any atom is -0.493 e. The van der Waals surface area contributed by atoms with Gasteiger partial charge in [-0.05, 0) is 50.8 Å². The molecular formula is C26H43N3O2. The summed E-state index contributed by atoms with van der Waals surface area (Å²) in [5.41, 5.74) is 9.99. The Morgan fingerprint density at radius 1 is 1.13 bits per heavy atom. The van der Waals surface area contributed by atoms with Gasteiger partial charge in [0.1, 0.15) is 0 Å². The molecule has 0 radical (unpaired) electrons. The number of unbranched alkanes of at least 4 members (excludes halogenated alkanes) is 2. The summed E-state index contributed by atoms with van der Waals surface area (Å²) in [6.45, 7) is 14.6. The first kappa shape index (κ1) is 25.3. The van der Waals surface area contributed by atoms with Gasteiger partial charge < -0.3 is 20.5 Å². The topological polar surface area (TPSA) is 69.4 Å². The second-order valence-electron chi connectivity index (χ2n) is 9.48. The average Bonchev–Trinajstić information content (AvgIpc) is 2.74. The number of aryl methyl sites for hydroxylation is 1. The molecule has 0 aliphatic heterocycles. The number of fused-ring (bicyclic) bond motifs is 1. The summed E-state index contributed by atoms with van der Waals surface area (Å²) in [4.78, 5) is 5.15. The van der Waals surface area contributed by atoms with Crippen molar-refractivity contribution in [2.75, 3.05) is 25.6 Å². The molecule has 2 rings (SSSR count). The highest BCUT2D eigenvalue weighted by Crippen LogP contribution is 2.43. The summed E-state index contributed by atoms with van der Waals surface area (Å²) in [5, 5.41) is 4.74. The molecule has 1 atom stereocenters. The van der Waals surface area contributed by atoms with Crippen LogP contribution in [0.25, 0.3) is 10.9 Å². The van der Waals surface area contributed by atoms with Crippen LogP contribution in [0.4, 0.5) is 5.69 Å². The Labute approximate surface area is 189 Å². The van der Waals surface area contributed by atoms with Crippen molar-refractivity contribution in [3.8, 4) is 11.5 Å². The maximum absolute atomic E-state index is 6.33. The highest BCUT2D eigenvalue weighted by molar-refractivity contribution is 5.99. The van der Waals surface area contributed by atoms with Crippen LogP contribution >= 0.6 is 0 Å². The zero-order chi connectivity index (χ0) is 23.0. The van der Waals surface area contributed by atoms with Crippen molar-refractivity contribution >= 4 is 16.6 Å². The van der Waals surface area contributed by atoms with E-state index in [-0.39, 0.29) is 11.5 Å². The van der Waals surface area contributed by atoms with Gasteiger partial charge in [0.15, 0.2) is 11.5 Å². The highest BCUT2D eigenvalue weighted by Gasteiger charge is 2.23. The summed E-state index contributed by atoms with van der Waals surface area (Å²) in [7, 11) is 1.71. The van der Waals surface area contributed by atoms with Gasteiger partial charge >= 0.3 is 0 Å². The number of pyridine rings is 1. The second kappa shape index (κ2) is 11.6. The molecule has 0 aliphatic rings. The lowest BCUT2D eigenvalue weighted by Crippen LogP contribution is -2.19. The van der Waals surface area contributed by atoms with E-state index in [1.165, 1.54) is 12.0 Å². The van der Waals surface area contributed by atoms with Crippen molar-refractivity contribution in [3.63, 3.8) is 0 Å². The summed E-state index contributed by atoms with van der Waals surface area (Å²) in [6, 6.07) is 4.58. The Kier molecular flexibility index (Phi) is 9.42. The number of rotatable bonds is 12. The van der Waals surface area contributed by atoms with Crippen molar-refractivity contribution in [1.82, 2.24) is 4.98 Å². The predicted molar refractivity (Wildman–Crippen MR) is 133 cm³/mol. The van der Waals surface area contributed by atoms with Crippen LogP contribution in [0.1, 0.15) is 84.9 Å². The van der Waals surface area contributed by atoms with Crippen molar-refractivity contribution < 1.29 is 9.47 Å². The molecule has 31 heavy (non-hydrogen) atoms. The van der Waals surface area contributed by atoms with Gasteiger partial charge in [-0.2, -0.15) is 0 Å². The molecule has 1 aromatic heterocycles. The summed E-state index contributed by atoms with van der Waals surface area (Å²) in [5.74, 6) is 1.58. The number of nitrogens with one attached hydrogen (secondary N) is 1. The van der Waals surface area contributed by atoms with E-state index >= 15 is 0 Å². The Bertz CT molecular complexity index is 843. The number of anilines is 1. The Morgan fingerprint density at radius 3 is 2.45 bits per heavy atom. The number of ether oxygens (including phenoxy) is 2. The number of methoxy groups -OCH3 is 1. The fourth-order valence-corrected chi connectivity index (χ4v) is 3.79. The van der Waals surface area contributed by atoms with Gasteiger partial charge in [0, 0.05) is 23.2 Å². The van der Waals surface area contributed by atoms with E-state index in [0.29, 0.717) is 13.2 Å². The average molecular weight is 430 g/mol. The smallest absolute Gasteiger partial charge is 0.170 e. The Hall–Kier alpha value is -2.01. The highest BCUT2D eigenvalue weighted by atomic mass is 16.5. The summed E-state index contributed by atoms with van der Waals surface area (Å²) in [6.07, 6.45) is 6.26. The van der Waals surface area contributed by atoms with Crippen molar-refractivity contribution in [2.24, 2.45) is 5.73 Å². The number of nitrogens with two attached hydrogens (primary N) is 1. The van der Waals surface area contributed by atoms with Crippen LogP contribution in [0.15, 0.2) is 12.1 Å². The number of benzene rings is 1. The first-order valence-electron chi connectivity index (χ1n) is 11.9. The largest absolute Gasteiger partial charge is 0.493 e. The van der Waals surface area contributed by atoms with Crippen molar-refractivity contribution in [2.45, 2.75) is 91.5 Å². The molecule has 5 nitrogen and oxygen atoms in total. The Morgan fingerprint density at radius 2 is 1.87 bits per heavy atom. The van der Waals surface area contributed by atoms with Gasteiger partial charge in [-0.3, -0.25) is 0 Å². The third-order valence-electron chi connectivity index (χ3n) is 5.69. The second-order valence-corrected chi connectivity index (χ2v) is 9.48. The van der Waals surface area contributed by atoms with Crippen LogP contribution < -0.4 is 20.5 Å². The first-order valence-corrected chi connectivity index (χ1v) is 11.9. The third kappa shape index (κ3) is 6.49. The van der Waals surface area contributed by atoms with Crippen molar-refractivity contribution in [1.29, 1.82) is 0 Å². The number of hydrogen-bond acceptors (Lipinski definition) is 5. The molecule has 5 heteroatoms. The monoisotopic (exact) mass is 429 g/mol. The number of hydrogen-bond donors (Lipinski definition) is 2. The van der Waals surface area contributed by atoms with Crippen LogP contribution in [0.5, 0.6) is 11.5 Å². The van der Waals surface area contributed by atoms with Crippen LogP contribution in [0.2, 0.25) is 0 Å². The van der Waals surface area contributed by atoms with Crippen LogP contribution in [0, 0.1) is 0 Å². The number of nitrogens with zero attached hydrogens (tertiary/aromatic N) is 1. The molecule has 0 aliphatic carbocycles. The standard InChI is InChI=1S/C26H43N3O2/c1-8-10-11-15-31-25-21(30-7)17-20(28-18(3)13-12-14-27)24-23(25)19(9-2)16-22(29-24)26(4,5)6/h16-18,28H,8-15,27H2,1-7H3. The minimum absolute atomic E-state index is 0.0391. The van der Waals surface area contributed by atoms with E-state index < -0.39 is 0 Å². The molecule has 3 N–H and O–H groups in total. The zero-order valence-corrected chi connectivity index (χ0v) is 20.7. The zero-order valence-electron chi connectivity index (χ0n) is 20.7. The van der Waals surface area contributed by atoms with Gasteiger partial charge in [0.25, 0.3) is 0 Å². The van der Waals surface area contributed by atoms with Crippen molar-refractivity contribution in [3.05, 3.63) is 23.4 Å². The quantitative estimate of drug-likeness (QED) is 0.392. The molecule has 0 saturated heterocycles. The van der Waals surface area contributed by atoms with E-state index in [9.17, 15) is 0 Å². The lowest BCUT2D eigenvalue weighted by Gasteiger charge is -2.24. The maximum atomic E-state index is 6.33. The third-order valence-corrected chi connectivity index (χ3v) is 5.69. The Balaban J connectivity index is 2.68. The minimum atomic E-state index is -0.0391. The normalized spacial score (nSPS) is 12.8. The molecule has 1 heterocycles. The van der Waals surface area contributed by atoms with Gasteiger partial charge in [-0.1, -0.05) is 47.5 Å². The van der Waals surface area contributed by atoms with Crippen LogP contribution in [-0.4, -0.2) is 31.3 Å². The molecule has 2 aromatic rings. The van der Waals surface area contributed by atoms with Crippen LogP contribution in [-0.2, 0) is 11.8 Å².